The summed E-state index contributed by atoms with van der Waals surface area (Å²) in [6.07, 6.45) is 1.15. The summed E-state index contributed by atoms with van der Waals surface area (Å²) in [5.74, 6) is -0.359. The Morgan fingerprint density at radius 3 is 2.58 bits per heavy atom. The standard InChI is InChI=1S/C21H21N3O4S3/c1-21(2)10-16-18(17(25)11-21)30-20(23-16)24-19(26)13-5-7-15(8-6-13)31(27,28)22-12-14-4-3-9-29-14/h3-9,22H,10-12H2,1-2H3,(H,23,24,26). The molecule has 1 amide bonds. The van der Waals surface area contributed by atoms with E-state index in [0.29, 0.717) is 28.4 Å². The second-order valence-electron chi connectivity index (χ2n) is 8.12. The number of aromatic nitrogens is 1. The maximum Gasteiger partial charge on any atom is 0.257 e. The summed E-state index contributed by atoms with van der Waals surface area (Å²) in [5.41, 5.74) is 0.884. The maximum absolute atomic E-state index is 12.6. The van der Waals surface area contributed by atoms with Gasteiger partial charge in [0.2, 0.25) is 10.0 Å². The minimum absolute atomic E-state index is 0.0499. The summed E-state index contributed by atoms with van der Waals surface area (Å²) < 4.78 is 27.4. The van der Waals surface area contributed by atoms with Crippen LogP contribution in [-0.4, -0.2) is 25.1 Å². The summed E-state index contributed by atoms with van der Waals surface area (Å²) in [6, 6.07) is 9.41. The summed E-state index contributed by atoms with van der Waals surface area (Å²) in [4.78, 5) is 30.9. The second-order valence-corrected chi connectivity index (χ2v) is 11.9. The molecule has 1 aromatic carbocycles. The lowest BCUT2D eigenvalue weighted by molar-refractivity contribution is 0.0915. The number of hydrogen-bond donors (Lipinski definition) is 2. The Kier molecular flexibility index (Phi) is 5.82. The van der Waals surface area contributed by atoms with Crippen LogP contribution in [0.1, 0.15) is 50.9 Å². The van der Waals surface area contributed by atoms with Gasteiger partial charge in [-0.05, 0) is 47.5 Å². The summed E-state index contributed by atoms with van der Waals surface area (Å²) in [6.45, 7) is 4.26. The van der Waals surface area contributed by atoms with Crippen LogP contribution in [0.2, 0.25) is 0 Å². The van der Waals surface area contributed by atoms with Gasteiger partial charge >= 0.3 is 0 Å². The summed E-state index contributed by atoms with van der Waals surface area (Å²) in [7, 11) is -3.68. The molecule has 0 spiro atoms. The molecule has 2 N–H and O–H groups in total. The van der Waals surface area contributed by atoms with Gasteiger partial charge in [-0.25, -0.2) is 18.1 Å². The number of thiophene rings is 1. The van der Waals surface area contributed by atoms with Gasteiger partial charge < -0.3 is 0 Å². The fourth-order valence-corrected chi connectivity index (χ4v) is 6.05. The van der Waals surface area contributed by atoms with Crippen molar-refractivity contribution >= 4 is 49.5 Å². The molecule has 0 saturated heterocycles. The molecular weight excluding hydrogens is 454 g/mol. The average molecular weight is 476 g/mol. The van der Waals surface area contributed by atoms with Crippen molar-refractivity contribution in [1.82, 2.24) is 9.71 Å². The molecule has 1 aliphatic carbocycles. The molecule has 7 nitrogen and oxygen atoms in total. The summed E-state index contributed by atoms with van der Waals surface area (Å²) in [5, 5.41) is 4.97. The van der Waals surface area contributed by atoms with E-state index in [2.05, 4.69) is 15.0 Å². The third-order valence-electron chi connectivity index (χ3n) is 4.90. The highest BCUT2D eigenvalue weighted by molar-refractivity contribution is 7.89. The molecule has 0 radical (unpaired) electrons. The van der Waals surface area contributed by atoms with Gasteiger partial charge in [0.05, 0.1) is 15.5 Å². The molecule has 0 atom stereocenters. The molecule has 2 aromatic heterocycles. The van der Waals surface area contributed by atoms with E-state index < -0.39 is 15.9 Å². The van der Waals surface area contributed by atoms with Gasteiger partial charge in [0.25, 0.3) is 5.91 Å². The number of ketones is 1. The number of hydrogen-bond acceptors (Lipinski definition) is 7. The second kappa shape index (κ2) is 8.27. The normalized spacial score (nSPS) is 15.5. The van der Waals surface area contributed by atoms with Crippen molar-refractivity contribution in [2.45, 2.75) is 38.1 Å². The highest BCUT2D eigenvalue weighted by Crippen LogP contribution is 2.38. The Morgan fingerprint density at radius 2 is 1.90 bits per heavy atom. The number of sulfonamides is 1. The van der Waals surface area contributed by atoms with Gasteiger partial charge in [-0.3, -0.25) is 14.9 Å². The van der Waals surface area contributed by atoms with Gasteiger partial charge in [-0.1, -0.05) is 31.3 Å². The van der Waals surface area contributed by atoms with E-state index >= 15 is 0 Å². The molecule has 0 bridgehead atoms. The fourth-order valence-electron chi connectivity index (χ4n) is 3.39. The molecule has 1 aliphatic rings. The van der Waals surface area contributed by atoms with Crippen LogP contribution in [0.15, 0.2) is 46.7 Å². The van der Waals surface area contributed by atoms with Gasteiger partial charge in [0.1, 0.15) is 0 Å². The van der Waals surface area contributed by atoms with Gasteiger partial charge in [0.15, 0.2) is 10.9 Å². The number of amides is 1. The lowest BCUT2D eigenvalue weighted by atomic mass is 9.78. The predicted molar refractivity (Wildman–Crippen MR) is 121 cm³/mol. The largest absolute Gasteiger partial charge is 0.298 e. The van der Waals surface area contributed by atoms with E-state index in [-0.39, 0.29) is 22.6 Å². The van der Waals surface area contributed by atoms with Crippen LogP contribution >= 0.6 is 22.7 Å². The SMILES string of the molecule is CC1(C)CC(=O)c2sc(NC(=O)c3ccc(S(=O)(=O)NCc4cccs4)cc3)nc2C1. The Hall–Kier alpha value is -2.40. The van der Waals surface area contributed by atoms with Crippen molar-refractivity contribution in [3.8, 4) is 0 Å². The Labute approximate surface area is 188 Å². The first-order valence-electron chi connectivity index (χ1n) is 9.59. The molecule has 0 unspecified atom stereocenters. The molecule has 0 aliphatic heterocycles. The van der Waals surface area contributed by atoms with Crippen molar-refractivity contribution in [2.75, 3.05) is 5.32 Å². The number of rotatable bonds is 6. The first-order valence-corrected chi connectivity index (χ1v) is 12.8. The average Bonchev–Trinajstić information content (AvgIpc) is 3.35. The fraction of sp³-hybridized carbons (Fsp3) is 0.286. The number of Topliss-reactive ketones (excluding diaryl/α,β-unsaturated/α-hetero) is 1. The van der Waals surface area contributed by atoms with E-state index in [9.17, 15) is 18.0 Å². The number of anilines is 1. The monoisotopic (exact) mass is 475 g/mol. The molecule has 0 saturated carbocycles. The quantitative estimate of drug-likeness (QED) is 0.559. The Balaban J connectivity index is 1.44. The number of carbonyl (C=O) groups excluding carboxylic acids is 2. The van der Waals surface area contributed by atoms with Crippen LogP contribution in [-0.2, 0) is 23.0 Å². The third kappa shape index (κ3) is 4.93. The van der Waals surface area contributed by atoms with Gasteiger partial charge in [0, 0.05) is 23.4 Å². The highest BCUT2D eigenvalue weighted by atomic mass is 32.2. The molecule has 162 valence electrons. The number of thiazole rings is 1. The smallest absolute Gasteiger partial charge is 0.257 e. The number of nitrogens with one attached hydrogen (secondary N) is 2. The first-order chi connectivity index (χ1) is 14.6. The lowest BCUT2D eigenvalue weighted by Crippen LogP contribution is -2.26. The molecular formula is C21H21N3O4S3. The Bertz CT molecular complexity index is 1230. The van der Waals surface area contributed by atoms with Gasteiger partial charge in [-0.2, -0.15) is 0 Å². The van der Waals surface area contributed by atoms with Crippen molar-refractivity contribution in [2.24, 2.45) is 5.41 Å². The van der Waals surface area contributed by atoms with E-state index in [1.54, 1.807) is 0 Å². The number of nitrogens with zero attached hydrogens (tertiary/aromatic N) is 1. The first kappa shape index (κ1) is 21.8. The van der Waals surface area contributed by atoms with Crippen molar-refractivity contribution < 1.29 is 18.0 Å². The molecule has 4 rings (SSSR count). The van der Waals surface area contributed by atoms with Crippen LogP contribution in [0.25, 0.3) is 0 Å². The van der Waals surface area contributed by atoms with Crippen molar-refractivity contribution in [1.29, 1.82) is 0 Å². The zero-order chi connectivity index (χ0) is 22.2. The lowest BCUT2D eigenvalue weighted by Gasteiger charge is -2.26. The number of carbonyl (C=O) groups is 2. The molecule has 3 aromatic rings. The minimum atomic E-state index is -3.68. The molecule has 31 heavy (non-hydrogen) atoms. The number of benzene rings is 1. The van der Waals surface area contributed by atoms with Crippen molar-refractivity contribution in [3.63, 3.8) is 0 Å². The maximum atomic E-state index is 12.6. The third-order valence-corrected chi connectivity index (χ3v) is 8.25. The minimum Gasteiger partial charge on any atom is -0.298 e. The topological polar surface area (TPSA) is 105 Å². The van der Waals surface area contributed by atoms with Crippen LogP contribution in [0, 0.1) is 5.41 Å². The van der Waals surface area contributed by atoms with E-state index in [0.717, 1.165) is 10.6 Å². The highest BCUT2D eigenvalue weighted by Gasteiger charge is 2.34. The number of fused-ring (bicyclic) bond motifs is 1. The van der Waals surface area contributed by atoms with Crippen LogP contribution in [0.3, 0.4) is 0 Å². The zero-order valence-corrected chi connectivity index (χ0v) is 19.4. The molecule has 2 heterocycles. The Morgan fingerprint density at radius 1 is 1.16 bits per heavy atom. The van der Waals surface area contributed by atoms with Crippen LogP contribution in [0.4, 0.5) is 5.13 Å². The van der Waals surface area contributed by atoms with E-state index in [1.807, 2.05) is 31.4 Å². The van der Waals surface area contributed by atoms with E-state index in [4.69, 9.17) is 0 Å². The summed E-state index contributed by atoms with van der Waals surface area (Å²) >= 11 is 2.65. The molecule has 0 fully saturated rings. The van der Waals surface area contributed by atoms with Crippen molar-refractivity contribution in [3.05, 3.63) is 62.8 Å². The zero-order valence-electron chi connectivity index (χ0n) is 17.0. The molecule has 10 heteroatoms. The van der Waals surface area contributed by atoms with E-state index in [1.165, 1.54) is 46.9 Å². The van der Waals surface area contributed by atoms with Gasteiger partial charge in [-0.15, -0.1) is 11.3 Å². The predicted octanol–water partition coefficient (Wildman–Crippen LogP) is 4.09. The van der Waals surface area contributed by atoms with Crippen LogP contribution < -0.4 is 10.0 Å². The van der Waals surface area contributed by atoms with Crippen LogP contribution in [0.5, 0.6) is 0 Å².